The molecule has 4 nitrogen and oxygen atoms in total. The fraction of sp³-hybridized carbons (Fsp3) is 0.364. The van der Waals surface area contributed by atoms with Crippen molar-refractivity contribution < 1.29 is 4.74 Å². The highest BCUT2D eigenvalue weighted by molar-refractivity contribution is 5.81. The Morgan fingerprint density at radius 3 is 2.62 bits per heavy atom. The van der Waals surface area contributed by atoms with Crippen LogP contribution in [0.5, 0.6) is 5.75 Å². The smallest absolute Gasteiger partial charge is 0.260 e. The second-order valence-corrected chi connectivity index (χ2v) is 6.99. The van der Waals surface area contributed by atoms with Crippen LogP contribution in [0.15, 0.2) is 53.5 Å². The summed E-state index contributed by atoms with van der Waals surface area (Å²) in [5.41, 5.74) is 2.38. The predicted octanol–water partition coefficient (Wildman–Crippen LogP) is 4.90. The highest BCUT2D eigenvalue weighted by Gasteiger charge is 2.12. The maximum absolute atomic E-state index is 13.1. The number of aryl methyl sites for hydroxylation is 1. The van der Waals surface area contributed by atoms with Crippen molar-refractivity contribution in [3.05, 3.63) is 59.0 Å². The Bertz CT molecular complexity index is 927. The van der Waals surface area contributed by atoms with Gasteiger partial charge in [0, 0.05) is 23.7 Å². The molecular weight excluding hydrogens is 324 g/mol. The molecule has 0 aliphatic rings. The third-order valence-electron chi connectivity index (χ3n) is 4.42. The van der Waals surface area contributed by atoms with Crippen molar-refractivity contribution in [3.63, 3.8) is 0 Å². The number of rotatable bonds is 7. The molecule has 136 valence electrons. The Kier molecular flexibility index (Phi) is 5.71. The zero-order chi connectivity index (χ0) is 18.5. The SMILES string of the molecule is CCCOc1ccc(-c2cc3cccnc3n(CCC(C)C)c2=O)cc1. The molecular formula is C22H26N2O2. The molecule has 0 bridgehead atoms. The summed E-state index contributed by atoms with van der Waals surface area (Å²) >= 11 is 0. The highest BCUT2D eigenvalue weighted by atomic mass is 16.5. The van der Waals surface area contributed by atoms with Crippen molar-refractivity contribution in [1.29, 1.82) is 0 Å². The Labute approximate surface area is 154 Å². The summed E-state index contributed by atoms with van der Waals surface area (Å²) in [6.45, 7) is 7.79. The van der Waals surface area contributed by atoms with E-state index in [2.05, 4.69) is 25.8 Å². The maximum atomic E-state index is 13.1. The molecule has 26 heavy (non-hydrogen) atoms. The molecule has 2 heterocycles. The van der Waals surface area contributed by atoms with E-state index in [0.29, 0.717) is 24.6 Å². The fourth-order valence-electron chi connectivity index (χ4n) is 2.96. The van der Waals surface area contributed by atoms with E-state index in [1.54, 1.807) is 6.20 Å². The fourth-order valence-corrected chi connectivity index (χ4v) is 2.96. The number of pyridine rings is 2. The largest absolute Gasteiger partial charge is 0.494 e. The lowest BCUT2D eigenvalue weighted by atomic mass is 10.0. The molecule has 0 amide bonds. The van der Waals surface area contributed by atoms with Crippen LogP contribution in [0.2, 0.25) is 0 Å². The lowest BCUT2D eigenvalue weighted by Gasteiger charge is -2.14. The predicted molar refractivity (Wildman–Crippen MR) is 107 cm³/mol. The van der Waals surface area contributed by atoms with E-state index >= 15 is 0 Å². The molecule has 0 unspecified atom stereocenters. The van der Waals surface area contributed by atoms with Crippen molar-refractivity contribution in [1.82, 2.24) is 9.55 Å². The summed E-state index contributed by atoms with van der Waals surface area (Å²) in [5.74, 6) is 1.36. The minimum Gasteiger partial charge on any atom is -0.494 e. The van der Waals surface area contributed by atoms with Gasteiger partial charge in [0.2, 0.25) is 0 Å². The number of hydrogen-bond donors (Lipinski definition) is 0. The highest BCUT2D eigenvalue weighted by Crippen LogP contribution is 2.23. The van der Waals surface area contributed by atoms with Crippen molar-refractivity contribution in [2.45, 2.75) is 40.2 Å². The quantitative estimate of drug-likeness (QED) is 0.609. The molecule has 2 aromatic heterocycles. The van der Waals surface area contributed by atoms with Gasteiger partial charge in [-0.3, -0.25) is 9.36 Å². The number of ether oxygens (including phenoxy) is 1. The van der Waals surface area contributed by atoms with Crippen LogP contribution in [-0.4, -0.2) is 16.2 Å². The third-order valence-corrected chi connectivity index (χ3v) is 4.42. The first-order valence-corrected chi connectivity index (χ1v) is 9.32. The molecule has 4 heteroatoms. The summed E-state index contributed by atoms with van der Waals surface area (Å²) < 4.78 is 7.45. The van der Waals surface area contributed by atoms with Gasteiger partial charge in [-0.2, -0.15) is 0 Å². The van der Waals surface area contributed by atoms with Gasteiger partial charge in [-0.1, -0.05) is 32.9 Å². The van der Waals surface area contributed by atoms with Crippen LogP contribution in [0.25, 0.3) is 22.2 Å². The maximum Gasteiger partial charge on any atom is 0.260 e. The second kappa shape index (κ2) is 8.17. The van der Waals surface area contributed by atoms with E-state index in [4.69, 9.17) is 4.74 Å². The van der Waals surface area contributed by atoms with Gasteiger partial charge in [-0.05, 0) is 54.7 Å². The summed E-state index contributed by atoms with van der Waals surface area (Å²) in [6, 6.07) is 13.6. The summed E-state index contributed by atoms with van der Waals surface area (Å²) in [6.07, 6.45) is 3.66. The monoisotopic (exact) mass is 350 g/mol. The first-order chi connectivity index (χ1) is 12.6. The topological polar surface area (TPSA) is 44.1 Å². The number of nitrogens with zero attached hydrogens (tertiary/aromatic N) is 2. The summed E-state index contributed by atoms with van der Waals surface area (Å²) in [7, 11) is 0. The average Bonchev–Trinajstić information content (AvgIpc) is 2.65. The van der Waals surface area contributed by atoms with Gasteiger partial charge in [0.15, 0.2) is 0 Å². The molecule has 0 atom stereocenters. The van der Waals surface area contributed by atoms with E-state index in [1.165, 1.54) is 0 Å². The molecule has 0 aliphatic heterocycles. The Morgan fingerprint density at radius 2 is 1.92 bits per heavy atom. The van der Waals surface area contributed by atoms with Gasteiger partial charge in [0.1, 0.15) is 11.4 Å². The van der Waals surface area contributed by atoms with E-state index in [-0.39, 0.29) is 5.56 Å². The van der Waals surface area contributed by atoms with Gasteiger partial charge >= 0.3 is 0 Å². The number of aromatic nitrogens is 2. The Morgan fingerprint density at radius 1 is 1.15 bits per heavy atom. The molecule has 0 N–H and O–H groups in total. The van der Waals surface area contributed by atoms with Crippen LogP contribution in [0, 0.1) is 5.92 Å². The van der Waals surface area contributed by atoms with E-state index < -0.39 is 0 Å². The molecule has 0 spiro atoms. The summed E-state index contributed by atoms with van der Waals surface area (Å²) in [5, 5.41) is 0.983. The Balaban J connectivity index is 2.05. The molecule has 1 aromatic carbocycles. The standard InChI is InChI=1S/C22H26N2O2/c1-4-14-26-19-9-7-17(8-10-19)20-15-18-6-5-12-23-21(18)24(22(20)25)13-11-16(2)3/h5-10,12,15-16H,4,11,13-14H2,1-3H3. The molecule has 0 saturated carbocycles. The number of benzene rings is 1. The molecule has 0 fully saturated rings. The molecule has 0 aliphatic carbocycles. The number of hydrogen-bond acceptors (Lipinski definition) is 3. The van der Waals surface area contributed by atoms with E-state index in [9.17, 15) is 4.79 Å². The van der Waals surface area contributed by atoms with Crippen molar-refractivity contribution in [2.75, 3.05) is 6.61 Å². The normalized spacial score (nSPS) is 11.2. The zero-order valence-electron chi connectivity index (χ0n) is 15.7. The summed E-state index contributed by atoms with van der Waals surface area (Å²) in [4.78, 5) is 17.6. The average molecular weight is 350 g/mol. The van der Waals surface area contributed by atoms with Crippen LogP contribution >= 0.6 is 0 Å². The first kappa shape index (κ1) is 18.2. The van der Waals surface area contributed by atoms with Crippen LogP contribution in [0.1, 0.15) is 33.6 Å². The molecule has 0 saturated heterocycles. The van der Waals surface area contributed by atoms with Crippen LogP contribution < -0.4 is 10.3 Å². The minimum absolute atomic E-state index is 0.0130. The lowest BCUT2D eigenvalue weighted by Crippen LogP contribution is -2.23. The van der Waals surface area contributed by atoms with Gasteiger partial charge < -0.3 is 4.74 Å². The molecule has 3 aromatic rings. The van der Waals surface area contributed by atoms with Crippen molar-refractivity contribution in [2.24, 2.45) is 5.92 Å². The van der Waals surface area contributed by atoms with Crippen LogP contribution in [0.4, 0.5) is 0 Å². The van der Waals surface area contributed by atoms with Gasteiger partial charge in [-0.15, -0.1) is 0 Å². The Hall–Kier alpha value is -2.62. The van der Waals surface area contributed by atoms with Crippen molar-refractivity contribution in [3.8, 4) is 16.9 Å². The second-order valence-electron chi connectivity index (χ2n) is 6.99. The molecule has 0 radical (unpaired) electrons. The van der Waals surface area contributed by atoms with E-state index in [1.807, 2.05) is 47.0 Å². The van der Waals surface area contributed by atoms with Gasteiger partial charge in [0.05, 0.1) is 6.61 Å². The van der Waals surface area contributed by atoms with Crippen LogP contribution in [-0.2, 0) is 6.54 Å². The van der Waals surface area contributed by atoms with Gasteiger partial charge in [-0.25, -0.2) is 4.98 Å². The van der Waals surface area contributed by atoms with Crippen molar-refractivity contribution >= 4 is 11.0 Å². The van der Waals surface area contributed by atoms with Gasteiger partial charge in [0.25, 0.3) is 5.56 Å². The molecule has 3 rings (SSSR count). The van der Waals surface area contributed by atoms with E-state index in [0.717, 1.165) is 35.2 Å². The first-order valence-electron chi connectivity index (χ1n) is 9.32. The lowest BCUT2D eigenvalue weighted by molar-refractivity contribution is 0.317. The van der Waals surface area contributed by atoms with Crippen LogP contribution in [0.3, 0.4) is 0 Å². The minimum atomic E-state index is 0.0130. The third kappa shape index (κ3) is 3.96. The number of fused-ring (bicyclic) bond motifs is 1. The zero-order valence-corrected chi connectivity index (χ0v) is 15.7.